The van der Waals surface area contributed by atoms with Gasteiger partial charge in [-0.3, -0.25) is 4.72 Å². The van der Waals surface area contributed by atoms with Gasteiger partial charge in [0.15, 0.2) is 5.75 Å². The predicted octanol–water partition coefficient (Wildman–Crippen LogP) is 9.26. The Balaban J connectivity index is 1.14. The minimum Gasteiger partial charge on any atom is -0.497 e. The molecule has 1 fully saturated rings. The van der Waals surface area contributed by atoms with E-state index < -0.39 is 21.3 Å². The van der Waals surface area contributed by atoms with Gasteiger partial charge in [-0.05, 0) is 48.1 Å². The van der Waals surface area contributed by atoms with Crippen molar-refractivity contribution in [1.29, 1.82) is 0 Å². The average molecular weight is 887 g/mol. The molecule has 0 saturated heterocycles. The number of anilines is 5. The molecule has 5 aromatic rings. The number of carbonyl (C=O) groups is 1. The standard InChI is InChI=1S/C46H58N6O10S/c1-46(2,3)31-26-39(43(58-6)40(27-31)52-63(54,55)35-12-8-7-9-13-35)50-45(53)49-38-16-17-41(37-15-11-10-14-36(37)38)62-42-18-19-47-44(51-42)48-32-28-33(57-5)30-34(29-32)61-25-24-60-23-22-59-21-20-56-4/h10-11,14-19,26-30,35,52H,7-9,12-13,20-25H2,1-6H3,(H,47,48,51)(H2,49,50,53). The smallest absolute Gasteiger partial charge is 0.323 e. The van der Waals surface area contributed by atoms with Crippen molar-refractivity contribution >= 4 is 55.5 Å². The Kier molecular flexibility index (Phi) is 16.2. The lowest BCUT2D eigenvalue weighted by Crippen LogP contribution is -2.30. The molecule has 16 nitrogen and oxygen atoms in total. The van der Waals surface area contributed by atoms with Crippen LogP contribution in [-0.2, 0) is 29.6 Å². The van der Waals surface area contributed by atoms with Crippen LogP contribution in [0.4, 0.5) is 33.5 Å². The second-order valence-corrected chi connectivity index (χ2v) is 17.9. The number of hydrogen-bond acceptors (Lipinski definition) is 13. The summed E-state index contributed by atoms with van der Waals surface area (Å²) in [6.45, 7) is 8.73. The van der Waals surface area contributed by atoms with Crippen molar-refractivity contribution in [1.82, 2.24) is 9.97 Å². The summed E-state index contributed by atoms with van der Waals surface area (Å²) in [5.74, 6) is 2.40. The number of urea groups is 1. The largest absolute Gasteiger partial charge is 0.497 e. The van der Waals surface area contributed by atoms with Gasteiger partial charge in [-0.25, -0.2) is 18.2 Å². The molecule has 0 radical (unpaired) electrons. The van der Waals surface area contributed by atoms with Gasteiger partial charge in [0.05, 0.1) is 69.6 Å². The molecular formula is C46H58N6O10S. The number of amides is 2. The molecule has 1 aromatic heterocycles. The molecule has 0 aliphatic heterocycles. The highest BCUT2D eigenvalue weighted by Crippen LogP contribution is 2.41. The van der Waals surface area contributed by atoms with Gasteiger partial charge in [-0.15, -0.1) is 0 Å². The van der Waals surface area contributed by atoms with Crippen molar-refractivity contribution in [2.24, 2.45) is 0 Å². The van der Waals surface area contributed by atoms with Crippen LogP contribution in [0.25, 0.3) is 10.8 Å². The number of fused-ring (bicyclic) bond motifs is 1. The topological polar surface area (TPSA) is 190 Å². The van der Waals surface area contributed by atoms with Crippen molar-refractivity contribution < 1.29 is 46.4 Å². The fourth-order valence-electron chi connectivity index (χ4n) is 7.04. The van der Waals surface area contributed by atoms with E-state index in [4.69, 9.17) is 33.2 Å². The second kappa shape index (κ2) is 22.0. The molecule has 338 valence electrons. The van der Waals surface area contributed by atoms with Crippen LogP contribution in [0, 0.1) is 0 Å². The monoisotopic (exact) mass is 886 g/mol. The fourth-order valence-corrected chi connectivity index (χ4v) is 8.62. The molecule has 4 N–H and O–H groups in total. The third kappa shape index (κ3) is 13.1. The number of methoxy groups -OCH3 is 3. The van der Waals surface area contributed by atoms with Gasteiger partial charge < -0.3 is 49.1 Å². The van der Waals surface area contributed by atoms with Gasteiger partial charge in [0, 0.05) is 54.0 Å². The van der Waals surface area contributed by atoms with E-state index in [-0.39, 0.29) is 28.7 Å². The van der Waals surface area contributed by atoms with Crippen molar-refractivity contribution in [2.45, 2.75) is 63.5 Å². The highest BCUT2D eigenvalue weighted by molar-refractivity contribution is 7.93. The van der Waals surface area contributed by atoms with Gasteiger partial charge >= 0.3 is 6.03 Å². The summed E-state index contributed by atoms with van der Waals surface area (Å²) in [6.07, 6.45) is 5.55. The summed E-state index contributed by atoms with van der Waals surface area (Å²) in [4.78, 5) is 22.7. The van der Waals surface area contributed by atoms with Gasteiger partial charge in [0.2, 0.25) is 21.9 Å². The summed E-state index contributed by atoms with van der Waals surface area (Å²) >= 11 is 0. The Hall–Kier alpha value is -5.88. The molecule has 0 atom stereocenters. The molecule has 6 rings (SSSR count). The first kappa shape index (κ1) is 46.6. The van der Waals surface area contributed by atoms with E-state index in [0.717, 1.165) is 24.8 Å². The van der Waals surface area contributed by atoms with E-state index in [0.29, 0.717) is 97.6 Å². The third-order valence-electron chi connectivity index (χ3n) is 10.3. The first-order chi connectivity index (χ1) is 30.4. The number of nitrogens with zero attached hydrogens (tertiary/aromatic N) is 2. The van der Waals surface area contributed by atoms with Gasteiger partial charge in [0.25, 0.3) is 0 Å². The van der Waals surface area contributed by atoms with Crippen molar-refractivity contribution in [3.63, 3.8) is 0 Å². The van der Waals surface area contributed by atoms with E-state index in [1.54, 1.807) is 68.9 Å². The molecule has 4 aromatic carbocycles. The van der Waals surface area contributed by atoms with Crippen LogP contribution in [0.2, 0.25) is 0 Å². The molecule has 2 amide bonds. The Bertz CT molecular complexity index is 2420. The van der Waals surface area contributed by atoms with Gasteiger partial charge in [0.1, 0.15) is 23.9 Å². The molecule has 63 heavy (non-hydrogen) atoms. The maximum atomic E-state index is 13.8. The van der Waals surface area contributed by atoms with Crippen LogP contribution in [0.3, 0.4) is 0 Å². The zero-order valence-corrected chi connectivity index (χ0v) is 37.6. The van der Waals surface area contributed by atoms with Crippen molar-refractivity contribution in [2.75, 3.05) is 81.6 Å². The van der Waals surface area contributed by atoms with E-state index >= 15 is 0 Å². The van der Waals surface area contributed by atoms with Gasteiger partial charge in [-0.2, -0.15) is 4.98 Å². The van der Waals surface area contributed by atoms with Crippen LogP contribution in [0.15, 0.2) is 79.0 Å². The lowest BCUT2D eigenvalue weighted by Gasteiger charge is -2.26. The predicted molar refractivity (Wildman–Crippen MR) is 245 cm³/mol. The zero-order chi connectivity index (χ0) is 44.8. The summed E-state index contributed by atoms with van der Waals surface area (Å²) < 4.78 is 69.3. The molecular weight excluding hydrogens is 829 g/mol. The van der Waals surface area contributed by atoms with E-state index in [1.807, 2.05) is 45.0 Å². The highest BCUT2D eigenvalue weighted by Gasteiger charge is 2.30. The fraction of sp³-hybridized carbons (Fsp3) is 0.413. The van der Waals surface area contributed by atoms with Crippen LogP contribution < -0.4 is 39.6 Å². The number of ether oxygens (including phenoxy) is 7. The van der Waals surface area contributed by atoms with Crippen LogP contribution in [0.5, 0.6) is 28.9 Å². The van der Waals surface area contributed by atoms with E-state index in [1.165, 1.54) is 7.11 Å². The maximum Gasteiger partial charge on any atom is 0.323 e. The summed E-state index contributed by atoms with van der Waals surface area (Å²) in [6, 6.07) is 21.0. The maximum absolute atomic E-state index is 13.8. The second-order valence-electron chi connectivity index (χ2n) is 15.9. The molecule has 0 unspecified atom stereocenters. The molecule has 1 heterocycles. The van der Waals surface area contributed by atoms with Gasteiger partial charge in [-0.1, -0.05) is 64.3 Å². The summed E-state index contributed by atoms with van der Waals surface area (Å²) in [5, 5.41) is 10.0. The number of hydrogen-bond donors (Lipinski definition) is 4. The molecule has 17 heteroatoms. The Morgan fingerprint density at radius 2 is 1.43 bits per heavy atom. The van der Waals surface area contributed by atoms with Crippen molar-refractivity contribution in [3.05, 3.63) is 84.6 Å². The minimum atomic E-state index is -3.70. The summed E-state index contributed by atoms with van der Waals surface area (Å²) in [5.41, 5.74) is 2.18. The number of aromatic nitrogens is 2. The number of nitrogens with one attached hydrogen (secondary N) is 4. The molecule has 0 bridgehead atoms. The normalized spacial score (nSPS) is 13.3. The number of benzene rings is 4. The number of sulfonamides is 1. The highest BCUT2D eigenvalue weighted by atomic mass is 32.2. The first-order valence-electron chi connectivity index (χ1n) is 20.9. The van der Waals surface area contributed by atoms with Crippen LogP contribution in [-0.4, -0.2) is 90.6 Å². The van der Waals surface area contributed by atoms with E-state index in [9.17, 15) is 13.2 Å². The minimum absolute atomic E-state index is 0.211. The summed E-state index contributed by atoms with van der Waals surface area (Å²) in [7, 11) is 0.946. The van der Waals surface area contributed by atoms with Crippen LogP contribution >= 0.6 is 0 Å². The third-order valence-corrected chi connectivity index (χ3v) is 12.2. The molecule has 1 saturated carbocycles. The Morgan fingerprint density at radius 3 is 2.14 bits per heavy atom. The molecule has 1 aliphatic carbocycles. The SMILES string of the molecule is COCCOCCOCCOc1cc(Nc2nccc(Oc3ccc(NC(=O)Nc4cc(C(C)(C)C)cc(NS(=O)(=O)C5CCCCC5)c4OC)c4ccccc34)n2)cc(OC)c1. The number of rotatable bonds is 21. The first-order valence-corrected chi connectivity index (χ1v) is 22.5. The molecule has 0 spiro atoms. The Labute approximate surface area is 369 Å². The van der Waals surface area contributed by atoms with Crippen LogP contribution in [0.1, 0.15) is 58.4 Å². The zero-order valence-electron chi connectivity index (χ0n) is 36.7. The van der Waals surface area contributed by atoms with Crippen molar-refractivity contribution in [3.8, 4) is 28.9 Å². The Morgan fingerprint density at radius 1 is 0.746 bits per heavy atom. The lowest BCUT2D eigenvalue weighted by atomic mass is 9.86. The van der Waals surface area contributed by atoms with E-state index in [2.05, 4.69) is 30.6 Å². The molecule has 1 aliphatic rings. The number of carbonyl (C=O) groups excluding carboxylic acids is 1. The quantitative estimate of drug-likeness (QED) is 0.0511. The lowest BCUT2D eigenvalue weighted by molar-refractivity contribution is 0.0179. The average Bonchev–Trinajstić information content (AvgIpc) is 3.26.